The lowest BCUT2D eigenvalue weighted by Gasteiger charge is -2.23. The normalized spacial score (nSPS) is 18.1. The minimum atomic E-state index is -0.0698. The van der Waals surface area contributed by atoms with Crippen LogP contribution in [-0.4, -0.2) is 36.1 Å². The Hall–Kier alpha value is -0.770. The maximum absolute atomic E-state index is 11.6. The first kappa shape index (κ1) is 10.3. The number of hydrogen-bond acceptors (Lipinski definition) is 2. The van der Waals surface area contributed by atoms with Gasteiger partial charge in [-0.2, -0.15) is 0 Å². The van der Waals surface area contributed by atoms with Crippen LogP contribution in [0.4, 0.5) is 4.79 Å². The summed E-state index contributed by atoms with van der Waals surface area (Å²) in [6.45, 7) is 6.02. The maximum Gasteiger partial charge on any atom is 0.317 e. The molecule has 3 N–H and O–H groups in total. The van der Waals surface area contributed by atoms with Crippen LogP contribution in [-0.2, 0) is 0 Å². The summed E-state index contributed by atoms with van der Waals surface area (Å²) >= 11 is 0. The largest absolute Gasteiger partial charge is 0.331 e. The molecule has 0 aliphatic heterocycles. The van der Waals surface area contributed by atoms with Crippen LogP contribution >= 0.6 is 0 Å². The average molecular weight is 185 g/mol. The number of urea groups is 1. The SMILES string of the molecule is CCN(CC)C(=O)NC1(CN)CC1. The number of hydrogen-bond donors (Lipinski definition) is 2. The smallest absolute Gasteiger partial charge is 0.317 e. The van der Waals surface area contributed by atoms with Crippen LogP contribution in [0.2, 0.25) is 0 Å². The lowest BCUT2D eigenvalue weighted by Crippen LogP contribution is -2.49. The maximum atomic E-state index is 11.6. The van der Waals surface area contributed by atoms with Crippen molar-refractivity contribution in [3.8, 4) is 0 Å². The molecule has 2 amide bonds. The number of nitrogens with zero attached hydrogens (tertiary/aromatic N) is 1. The third-order valence-electron chi connectivity index (χ3n) is 2.67. The molecule has 4 nitrogen and oxygen atoms in total. The zero-order valence-corrected chi connectivity index (χ0v) is 8.47. The van der Waals surface area contributed by atoms with Crippen LogP contribution in [0, 0.1) is 0 Å². The zero-order chi connectivity index (χ0) is 9.90. The van der Waals surface area contributed by atoms with Gasteiger partial charge in [0.1, 0.15) is 0 Å². The first-order valence-corrected chi connectivity index (χ1v) is 4.94. The molecular formula is C9H19N3O. The summed E-state index contributed by atoms with van der Waals surface area (Å²) in [6.07, 6.45) is 2.05. The Bertz CT molecular complexity index is 185. The summed E-state index contributed by atoms with van der Waals surface area (Å²) in [7, 11) is 0. The predicted molar refractivity (Wildman–Crippen MR) is 52.5 cm³/mol. The van der Waals surface area contributed by atoms with E-state index in [0.29, 0.717) is 6.54 Å². The van der Waals surface area contributed by atoms with Crippen LogP contribution in [0.15, 0.2) is 0 Å². The van der Waals surface area contributed by atoms with Crippen LogP contribution in [0.5, 0.6) is 0 Å². The van der Waals surface area contributed by atoms with Gasteiger partial charge in [0, 0.05) is 19.6 Å². The first-order chi connectivity index (χ1) is 6.17. The Kier molecular flexibility index (Phi) is 3.14. The Labute approximate surface area is 79.5 Å². The summed E-state index contributed by atoms with van der Waals surface area (Å²) in [5.74, 6) is 0. The standard InChI is InChI=1S/C9H19N3O/c1-3-12(4-2)8(13)11-9(7-10)5-6-9/h3-7,10H2,1-2H3,(H,11,13). The fraction of sp³-hybridized carbons (Fsp3) is 0.889. The Balaban J connectivity index is 2.40. The van der Waals surface area contributed by atoms with Crippen molar-refractivity contribution in [1.82, 2.24) is 10.2 Å². The highest BCUT2D eigenvalue weighted by atomic mass is 16.2. The molecule has 0 heterocycles. The van der Waals surface area contributed by atoms with Gasteiger partial charge in [0.2, 0.25) is 0 Å². The Morgan fingerprint density at radius 3 is 2.31 bits per heavy atom. The molecule has 1 fully saturated rings. The second-order valence-corrected chi connectivity index (χ2v) is 3.59. The summed E-state index contributed by atoms with van der Waals surface area (Å²) in [5, 5.41) is 2.98. The lowest BCUT2D eigenvalue weighted by molar-refractivity contribution is 0.198. The Morgan fingerprint density at radius 1 is 1.46 bits per heavy atom. The number of nitrogens with two attached hydrogens (primary N) is 1. The highest BCUT2D eigenvalue weighted by Crippen LogP contribution is 2.33. The molecule has 0 aromatic heterocycles. The molecule has 4 heteroatoms. The molecule has 0 saturated heterocycles. The molecule has 0 spiro atoms. The van der Waals surface area contributed by atoms with E-state index in [4.69, 9.17) is 5.73 Å². The second-order valence-electron chi connectivity index (χ2n) is 3.59. The summed E-state index contributed by atoms with van der Waals surface area (Å²) < 4.78 is 0. The number of rotatable bonds is 4. The van der Waals surface area contributed by atoms with Crippen LogP contribution in [0.25, 0.3) is 0 Å². The Morgan fingerprint density at radius 2 is 2.00 bits per heavy atom. The van der Waals surface area contributed by atoms with Crippen molar-refractivity contribution in [2.45, 2.75) is 32.2 Å². The first-order valence-electron chi connectivity index (χ1n) is 4.94. The monoisotopic (exact) mass is 185 g/mol. The summed E-state index contributed by atoms with van der Waals surface area (Å²) in [6, 6.07) is 0.0213. The van der Waals surface area contributed by atoms with E-state index < -0.39 is 0 Å². The van der Waals surface area contributed by atoms with Gasteiger partial charge < -0.3 is 16.0 Å². The molecule has 0 aromatic carbocycles. The van der Waals surface area contributed by atoms with Gasteiger partial charge >= 0.3 is 6.03 Å². The summed E-state index contributed by atoms with van der Waals surface area (Å²) in [4.78, 5) is 13.4. The van der Waals surface area contributed by atoms with Crippen molar-refractivity contribution >= 4 is 6.03 Å². The van der Waals surface area contributed by atoms with Gasteiger partial charge in [-0.1, -0.05) is 0 Å². The number of amides is 2. The van der Waals surface area contributed by atoms with E-state index in [2.05, 4.69) is 5.32 Å². The molecule has 0 atom stereocenters. The van der Waals surface area contributed by atoms with E-state index >= 15 is 0 Å². The third kappa shape index (κ3) is 2.34. The minimum absolute atomic E-state index is 0.0213. The highest BCUT2D eigenvalue weighted by molar-refractivity contribution is 5.75. The number of carbonyl (C=O) groups is 1. The second kappa shape index (κ2) is 3.96. The molecular weight excluding hydrogens is 166 g/mol. The van der Waals surface area contributed by atoms with E-state index in [9.17, 15) is 4.79 Å². The highest BCUT2D eigenvalue weighted by Gasteiger charge is 2.43. The molecule has 1 aliphatic carbocycles. The van der Waals surface area contributed by atoms with Gasteiger partial charge in [-0.25, -0.2) is 4.79 Å². The third-order valence-corrected chi connectivity index (χ3v) is 2.67. The fourth-order valence-corrected chi connectivity index (χ4v) is 1.35. The predicted octanol–water partition coefficient (Wildman–Crippen LogP) is 0.529. The van der Waals surface area contributed by atoms with Crippen LogP contribution in [0.1, 0.15) is 26.7 Å². The number of nitrogens with one attached hydrogen (secondary N) is 1. The van der Waals surface area contributed by atoms with Crippen molar-refractivity contribution in [2.75, 3.05) is 19.6 Å². The van der Waals surface area contributed by atoms with Gasteiger partial charge in [0.15, 0.2) is 0 Å². The molecule has 0 bridgehead atoms. The molecule has 13 heavy (non-hydrogen) atoms. The van der Waals surface area contributed by atoms with Gasteiger partial charge in [0.05, 0.1) is 5.54 Å². The quantitative estimate of drug-likeness (QED) is 0.671. The van der Waals surface area contributed by atoms with Crippen LogP contribution in [0.3, 0.4) is 0 Å². The molecule has 76 valence electrons. The fourth-order valence-electron chi connectivity index (χ4n) is 1.35. The van der Waals surface area contributed by atoms with Crippen molar-refractivity contribution in [3.05, 3.63) is 0 Å². The van der Waals surface area contributed by atoms with Crippen molar-refractivity contribution in [3.63, 3.8) is 0 Å². The van der Waals surface area contributed by atoms with E-state index in [0.717, 1.165) is 25.9 Å². The van der Waals surface area contributed by atoms with Crippen molar-refractivity contribution in [1.29, 1.82) is 0 Å². The molecule has 0 unspecified atom stereocenters. The lowest BCUT2D eigenvalue weighted by atomic mass is 10.3. The average Bonchev–Trinajstić information content (AvgIpc) is 2.88. The number of carbonyl (C=O) groups excluding carboxylic acids is 1. The van der Waals surface area contributed by atoms with Gasteiger partial charge in [-0.15, -0.1) is 0 Å². The topological polar surface area (TPSA) is 58.4 Å². The molecule has 1 saturated carbocycles. The minimum Gasteiger partial charge on any atom is -0.331 e. The van der Waals surface area contributed by atoms with Gasteiger partial charge in [-0.05, 0) is 26.7 Å². The van der Waals surface area contributed by atoms with Crippen molar-refractivity contribution in [2.24, 2.45) is 5.73 Å². The molecule has 1 aliphatic rings. The van der Waals surface area contributed by atoms with E-state index in [-0.39, 0.29) is 11.6 Å². The van der Waals surface area contributed by atoms with E-state index in [1.54, 1.807) is 4.90 Å². The van der Waals surface area contributed by atoms with E-state index in [1.165, 1.54) is 0 Å². The zero-order valence-electron chi connectivity index (χ0n) is 8.47. The van der Waals surface area contributed by atoms with E-state index in [1.807, 2.05) is 13.8 Å². The molecule has 0 radical (unpaired) electrons. The summed E-state index contributed by atoms with van der Waals surface area (Å²) in [5.41, 5.74) is 5.50. The van der Waals surface area contributed by atoms with Crippen molar-refractivity contribution < 1.29 is 4.79 Å². The van der Waals surface area contributed by atoms with Gasteiger partial charge in [-0.3, -0.25) is 0 Å². The molecule has 0 aromatic rings. The molecule has 1 rings (SSSR count). The van der Waals surface area contributed by atoms with Crippen LogP contribution < -0.4 is 11.1 Å². The van der Waals surface area contributed by atoms with Gasteiger partial charge in [0.25, 0.3) is 0 Å².